The average molecular weight is 208 g/mol. The number of hydrogen-bond donors (Lipinski definition) is 1. The third kappa shape index (κ3) is 2.40. The van der Waals surface area contributed by atoms with Crippen LogP contribution >= 0.6 is 0 Å². The minimum atomic E-state index is -1.14. The van der Waals surface area contributed by atoms with Crippen LogP contribution in [0.2, 0.25) is 0 Å². The van der Waals surface area contributed by atoms with Crippen molar-refractivity contribution in [3.8, 4) is 5.75 Å². The zero-order valence-electron chi connectivity index (χ0n) is 7.89. The predicted molar refractivity (Wildman–Crippen MR) is 50.1 cm³/mol. The van der Waals surface area contributed by atoms with E-state index in [0.717, 1.165) is 0 Å². The molecule has 0 saturated carbocycles. The topological polar surface area (TPSA) is 80.7 Å². The van der Waals surface area contributed by atoms with Gasteiger partial charge in [-0.25, -0.2) is 4.79 Å². The smallest absolute Gasteiger partial charge is 0.335 e. The Morgan fingerprint density at radius 2 is 2.07 bits per heavy atom. The first-order valence-electron chi connectivity index (χ1n) is 4.05. The van der Waals surface area contributed by atoms with Crippen LogP contribution in [0.4, 0.5) is 0 Å². The first-order chi connectivity index (χ1) is 7.06. The molecule has 0 fully saturated rings. The molecule has 0 aromatic heterocycles. The third-order valence-corrected chi connectivity index (χ3v) is 1.78. The van der Waals surface area contributed by atoms with Gasteiger partial charge in [0.05, 0.1) is 11.1 Å². The lowest BCUT2D eigenvalue weighted by molar-refractivity contribution is -0.120. The van der Waals surface area contributed by atoms with Crippen LogP contribution in [0.3, 0.4) is 0 Å². The summed E-state index contributed by atoms with van der Waals surface area (Å²) in [4.78, 5) is 31.9. The van der Waals surface area contributed by atoms with Crippen LogP contribution < -0.4 is 4.74 Å². The second-order valence-corrected chi connectivity index (χ2v) is 2.79. The lowest BCUT2D eigenvalue weighted by Gasteiger charge is -2.04. The Morgan fingerprint density at radius 3 is 2.53 bits per heavy atom. The molecule has 1 aromatic rings. The quantitative estimate of drug-likeness (QED) is 0.592. The molecular formula is C10H8O5. The van der Waals surface area contributed by atoms with Gasteiger partial charge in [0.1, 0.15) is 5.75 Å². The van der Waals surface area contributed by atoms with Gasteiger partial charge in [-0.3, -0.25) is 9.59 Å². The number of carbonyl (C=O) groups excluding carboxylic acids is 2. The molecule has 0 spiro atoms. The van der Waals surface area contributed by atoms with Crippen LogP contribution in [0.15, 0.2) is 18.2 Å². The van der Waals surface area contributed by atoms with E-state index in [9.17, 15) is 14.4 Å². The van der Waals surface area contributed by atoms with E-state index in [1.807, 2.05) is 0 Å². The molecule has 15 heavy (non-hydrogen) atoms. The van der Waals surface area contributed by atoms with Crippen molar-refractivity contribution in [2.75, 3.05) is 0 Å². The van der Waals surface area contributed by atoms with Crippen LogP contribution in [-0.4, -0.2) is 23.3 Å². The van der Waals surface area contributed by atoms with Gasteiger partial charge in [-0.05, 0) is 25.1 Å². The Bertz CT molecular complexity index is 422. The van der Waals surface area contributed by atoms with Gasteiger partial charge in [-0.15, -0.1) is 0 Å². The Labute approximate surface area is 85.3 Å². The van der Waals surface area contributed by atoms with Gasteiger partial charge in [0, 0.05) is 0 Å². The molecule has 1 rings (SSSR count). The maximum Gasteiger partial charge on any atom is 0.335 e. The lowest BCUT2D eigenvalue weighted by atomic mass is 10.1. The molecule has 1 N–H and O–H groups in total. The number of carbonyl (C=O) groups is 3. The van der Waals surface area contributed by atoms with Crippen molar-refractivity contribution in [3.05, 3.63) is 29.3 Å². The molecule has 0 bridgehead atoms. The normalized spacial score (nSPS) is 9.40. The SMILES string of the molecule is CC(=O)c1cc(C(=O)O)ccc1OC=O. The summed E-state index contributed by atoms with van der Waals surface area (Å²) in [5.74, 6) is -1.45. The third-order valence-electron chi connectivity index (χ3n) is 1.78. The Hall–Kier alpha value is -2.17. The second-order valence-electron chi connectivity index (χ2n) is 2.79. The highest BCUT2D eigenvalue weighted by atomic mass is 16.5. The first kappa shape index (κ1) is 10.9. The summed E-state index contributed by atoms with van der Waals surface area (Å²) in [6, 6.07) is 3.70. The van der Waals surface area contributed by atoms with E-state index in [4.69, 9.17) is 5.11 Å². The minimum absolute atomic E-state index is 0.0292. The first-order valence-corrected chi connectivity index (χ1v) is 4.05. The molecule has 0 saturated heterocycles. The highest BCUT2D eigenvalue weighted by Crippen LogP contribution is 2.20. The van der Waals surface area contributed by atoms with Gasteiger partial charge < -0.3 is 9.84 Å². The molecule has 0 unspecified atom stereocenters. The van der Waals surface area contributed by atoms with E-state index >= 15 is 0 Å². The zero-order valence-corrected chi connectivity index (χ0v) is 7.89. The average Bonchev–Trinajstić information content (AvgIpc) is 2.18. The summed E-state index contributed by atoms with van der Waals surface area (Å²) in [6.07, 6.45) is 0. The standard InChI is InChI=1S/C10H8O5/c1-6(12)8-4-7(10(13)14)2-3-9(8)15-5-11/h2-5H,1H3,(H,13,14). The molecule has 78 valence electrons. The number of carboxylic acid groups (broad SMARTS) is 1. The van der Waals surface area contributed by atoms with Gasteiger partial charge in [-0.1, -0.05) is 0 Å². The lowest BCUT2D eigenvalue weighted by Crippen LogP contribution is -2.03. The molecule has 5 heteroatoms. The molecular weight excluding hydrogens is 200 g/mol. The van der Waals surface area contributed by atoms with Crippen molar-refractivity contribution in [2.45, 2.75) is 6.92 Å². The van der Waals surface area contributed by atoms with Crippen molar-refractivity contribution < 1.29 is 24.2 Å². The molecule has 0 amide bonds. The van der Waals surface area contributed by atoms with Crippen LogP contribution in [-0.2, 0) is 4.79 Å². The molecule has 5 nitrogen and oxygen atoms in total. The van der Waals surface area contributed by atoms with Gasteiger partial charge in [-0.2, -0.15) is 0 Å². The largest absolute Gasteiger partial charge is 0.478 e. The molecule has 0 radical (unpaired) electrons. The predicted octanol–water partition coefficient (Wildman–Crippen LogP) is 1.12. The van der Waals surface area contributed by atoms with E-state index in [1.54, 1.807) is 0 Å². The van der Waals surface area contributed by atoms with Crippen molar-refractivity contribution in [1.29, 1.82) is 0 Å². The van der Waals surface area contributed by atoms with E-state index < -0.39 is 5.97 Å². The Balaban J connectivity index is 3.26. The number of ketones is 1. The van der Waals surface area contributed by atoms with E-state index in [0.29, 0.717) is 0 Å². The van der Waals surface area contributed by atoms with Crippen LogP contribution in [0.1, 0.15) is 27.6 Å². The van der Waals surface area contributed by atoms with Crippen LogP contribution in [0.5, 0.6) is 5.75 Å². The summed E-state index contributed by atoms with van der Waals surface area (Å²) in [7, 11) is 0. The van der Waals surface area contributed by atoms with Crippen LogP contribution in [0.25, 0.3) is 0 Å². The number of benzene rings is 1. The maximum atomic E-state index is 11.1. The minimum Gasteiger partial charge on any atom is -0.478 e. The number of carboxylic acids is 1. The van der Waals surface area contributed by atoms with Crippen molar-refractivity contribution >= 4 is 18.2 Å². The number of Topliss-reactive ketones (excluding diaryl/α,β-unsaturated/α-hetero) is 1. The summed E-state index contributed by atoms with van der Waals surface area (Å²) < 4.78 is 4.54. The maximum absolute atomic E-state index is 11.1. The number of aromatic carboxylic acids is 1. The molecule has 0 aliphatic heterocycles. The number of hydrogen-bond acceptors (Lipinski definition) is 4. The molecule has 0 aliphatic carbocycles. The summed E-state index contributed by atoms with van der Waals surface area (Å²) in [5, 5.41) is 8.69. The fraction of sp³-hybridized carbons (Fsp3) is 0.100. The molecule has 1 aromatic carbocycles. The van der Waals surface area contributed by atoms with Gasteiger partial charge in [0.2, 0.25) is 0 Å². The van der Waals surface area contributed by atoms with Crippen molar-refractivity contribution in [2.24, 2.45) is 0 Å². The number of ether oxygens (including phenoxy) is 1. The van der Waals surface area contributed by atoms with Gasteiger partial charge in [0.25, 0.3) is 6.47 Å². The van der Waals surface area contributed by atoms with Gasteiger partial charge in [0.15, 0.2) is 5.78 Å². The van der Waals surface area contributed by atoms with E-state index in [-0.39, 0.29) is 29.1 Å². The summed E-state index contributed by atoms with van der Waals surface area (Å²) >= 11 is 0. The fourth-order valence-corrected chi connectivity index (χ4v) is 1.09. The summed E-state index contributed by atoms with van der Waals surface area (Å²) in [6.45, 7) is 1.45. The van der Waals surface area contributed by atoms with Crippen molar-refractivity contribution in [3.63, 3.8) is 0 Å². The van der Waals surface area contributed by atoms with E-state index in [2.05, 4.69) is 4.74 Å². The fourth-order valence-electron chi connectivity index (χ4n) is 1.09. The number of rotatable bonds is 4. The molecule has 0 heterocycles. The zero-order chi connectivity index (χ0) is 11.4. The summed E-state index contributed by atoms with van der Waals surface area (Å²) in [5.41, 5.74) is 0.0421. The van der Waals surface area contributed by atoms with Crippen LogP contribution in [0, 0.1) is 0 Å². The molecule has 0 atom stereocenters. The Kier molecular flexibility index (Phi) is 3.17. The highest BCUT2D eigenvalue weighted by molar-refractivity contribution is 6.00. The van der Waals surface area contributed by atoms with Crippen molar-refractivity contribution in [1.82, 2.24) is 0 Å². The monoisotopic (exact) mass is 208 g/mol. The highest BCUT2D eigenvalue weighted by Gasteiger charge is 2.12. The Morgan fingerprint density at radius 1 is 1.40 bits per heavy atom. The molecule has 0 aliphatic rings. The second kappa shape index (κ2) is 4.36. The van der Waals surface area contributed by atoms with E-state index in [1.165, 1.54) is 25.1 Å². The van der Waals surface area contributed by atoms with Gasteiger partial charge >= 0.3 is 5.97 Å².